The molecule has 0 spiro atoms. The van der Waals surface area contributed by atoms with Crippen LogP contribution in [0.25, 0.3) is 0 Å². The summed E-state index contributed by atoms with van der Waals surface area (Å²) < 4.78 is 5.46. The van der Waals surface area contributed by atoms with E-state index in [-0.39, 0.29) is 6.10 Å². The van der Waals surface area contributed by atoms with Crippen LogP contribution in [0.1, 0.15) is 20.3 Å². The fourth-order valence-corrected chi connectivity index (χ4v) is 2.68. The summed E-state index contributed by atoms with van der Waals surface area (Å²) in [4.78, 5) is 4.77. The second kappa shape index (κ2) is 5.45. The van der Waals surface area contributed by atoms with Gasteiger partial charge in [-0.3, -0.25) is 9.80 Å². The molecule has 0 saturated carbocycles. The van der Waals surface area contributed by atoms with E-state index in [2.05, 4.69) is 23.6 Å². The van der Waals surface area contributed by atoms with Gasteiger partial charge in [0.15, 0.2) is 0 Å². The third kappa shape index (κ3) is 2.74. The predicted molar refractivity (Wildman–Crippen MR) is 63.5 cm³/mol. The first kappa shape index (κ1) is 12.3. The van der Waals surface area contributed by atoms with E-state index < -0.39 is 0 Å². The Bertz CT molecular complexity index is 215. The van der Waals surface area contributed by atoms with E-state index in [4.69, 9.17) is 4.74 Å². The third-order valence-electron chi connectivity index (χ3n) is 3.74. The highest BCUT2D eigenvalue weighted by Crippen LogP contribution is 2.19. The van der Waals surface area contributed by atoms with Crippen LogP contribution in [-0.4, -0.2) is 72.5 Å². The molecule has 2 atom stereocenters. The predicted octanol–water partition coefficient (Wildman–Crippen LogP) is 0.162. The topological polar surface area (TPSA) is 35.9 Å². The first-order chi connectivity index (χ1) is 7.68. The highest BCUT2D eigenvalue weighted by molar-refractivity contribution is 4.92. The molecular weight excluding hydrogens is 204 g/mol. The van der Waals surface area contributed by atoms with Gasteiger partial charge in [0, 0.05) is 44.9 Å². The first-order valence-electron chi connectivity index (χ1n) is 6.42. The molecule has 2 rings (SSSR count). The molecule has 2 unspecified atom stereocenters. The Kier molecular flexibility index (Phi) is 4.19. The van der Waals surface area contributed by atoms with Gasteiger partial charge in [-0.2, -0.15) is 0 Å². The highest BCUT2D eigenvalue weighted by atomic mass is 16.5. The largest absolute Gasteiger partial charge is 0.390 e. The smallest absolute Gasteiger partial charge is 0.0834 e. The molecule has 0 aromatic rings. The Morgan fingerprint density at radius 1 is 1.19 bits per heavy atom. The van der Waals surface area contributed by atoms with Crippen LogP contribution in [0, 0.1) is 0 Å². The second-order valence-corrected chi connectivity index (χ2v) is 5.18. The van der Waals surface area contributed by atoms with Crippen LogP contribution in [0.15, 0.2) is 0 Å². The van der Waals surface area contributed by atoms with Crippen molar-refractivity contribution in [2.24, 2.45) is 0 Å². The summed E-state index contributed by atoms with van der Waals surface area (Å²) in [5.74, 6) is 0. The maximum atomic E-state index is 10.1. The van der Waals surface area contributed by atoms with Crippen LogP contribution >= 0.6 is 0 Å². The van der Waals surface area contributed by atoms with E-state index in [0.717, 1.165) is 45.8 Å². The van der Waals surface area contributed by atoms with Crippen molar-refractivity contribution in [1.29, 1.82) is 0 Å². The van der Waals surface area contributed by atoms with Crippen LogP contribution in [0.5, 0.6) is 0 Å². The van der Waals surface area contributed by atoms with Crippen LogP contribution in [0.4, 0.5) is 0 Å². The standard InChI is InChI=1S/C12H24N2O2/c1-10(2)14-8-11(12(15)9-14)13-4-3-6-16-7-5-13/h10-12,15H,3-9H2,1-2H3. The molecule has 4 nitrogen and oxygen atoms in total. The van der Waals surface area contributed by atoms with Crippen molar-refractivity contribution in [2.45, 2.75) is 38.5 Å². The lowest BCUT2D eigenvalue weighted by Gasteiger charge is -2.29. The highest BCUT2D eigenvalue weighted by Gasteiger charge is 2.36. The van der Waals surface area contributed by atoms with Crippen LogP contribution in [0.2, 0.25) is 0 Å². The lowest BCUT2D eigenvalue weighted by Crippen LogP contribution is -2.44. The zero-order valence-electron chi connectivity index (χ0n) is 10.4. The van der Waals surface area contributed by atoms with Gasteiger partial charge in [-0.15, -0.1) is 0 Å². The Morgan fingerprint density at radius 3 is 2.69 bits per heavy atom. The van der Waals surface area contributed by atoms with Crippen LogP contribution in [0.3, 0.4) is 0 Å². The molecular formula is C12H24N2O2. The molecule has 2 fully saturated rings. The molecule has 0 amide bonds. The summed E-state index contributed by atoms with van der Waals surface area (Å²) in [6, 6.07) is 0.840. The molecule has 0 aliphatic carbocycles. The Labute approximate surface area is 98.2 Å². The summed E-state index contributed by atoms with van der Waals surface area (Å²) in [7, 11) is 0. The van der Waals surface area contributed by atoms with Crippen molar-refractivity contribution in [1.82, 2.24) is 9.80 Å². The molecule has 1 N–H and O–H groups in total. The molecule has 0 bridgehead atoms. The number of hydrogen-bond acceptors (Lipinski definition) is 4. The zero-order chi connectivity index (χ0) is 11.5. The Balaban J connectivity index is 1.93. The van der Waals surface area contributed by atoms with Gasteiger partial charge >= 0.3 is 0 Å². The van der Waals surface area contributed by atoms with E-state index in [1.807, 2.05) is 0 Å². The molecule has 16 heavy (non-hydrogen) atoms. The third-order valence-corrected chi connectivity index (χ3v) is 3.74. The maximum Gasteiger partial charge on any atom is 0.0834 e. The molecule has 2 aliphatic rings. The minimum Gasteiger partial charge on any atom is -0.390 e. The average molecular weight is 228 g/mol. The quantitative estimate of drug-likeness (QED) is 0.730. The minimum atomic E-state index is -0.194. The lowest BCUT2D eigenvalue weighted by atomic mass is 10.1. The molecule has 0 radical (unpaired) electrons. The summed E-state index contributed by atoms with van der Waals surface area (Å²) >= 11 is 0. The Hall–Kier alpha value is -0.160. The number of ether oxygens (including phenoxy) is 1. The maximum absolute atomic E-state index is 10.1. The van der Waals surface area contributed by atoms with Gasteiger partial charge in [0.05, 0.1) is 12.7 Å². The molecule has 0 aromatic heterocycles. The van der Waals surface area contributed by atoms with Gasteiger partial charge in [-0.05, 0) is 20.3 Å². The van der Waals surface area contributed by atoms with Crippen molar-refractivity contribution < 1.29 is 9.84 Å². The molecule has 0 aromatic carbocycles. The normalized spacial score (nSPS) is 34.5. The first-order valence-corrected chi connectivity index (χ1v) is 6.42. The number of nitrogens with zero attached hydrogens (tertiary/aromatic N) is 2. The van der Waals surface area contributed by atoms with Crippen LogP contribution in [-0.2, 0) is 4.74 Å². The van der Waals surface area contributed by atoms with Crippen molar-refractivity contribution in [3.8, 4) is 0 Å². The van der Waals surface area contributed by atoms with Gasteiger partial charge < -0.3 is 9.84 Å². The number of aliphatic hydroxyl groups is 1. The van der Waals surface area contributed by atoms with Gasteiger partial charge in [-0.1, -0.05) is 0 Å². The van der Waals surface area contributed by atoms with E-state index >= 15 is 0 Å². The molecule has 94 valence electrons. The second-order valence-electron chi connectivity index (χ2n) is 5.18. The van der Waals surface area contributed by atoms with Gasteiger partial charge in [-0.25, -0.2) is 0 Å². The van der Waals surface area contributed by atoms with E-state index in [1.165, 1.54) is 0 Å². The number of aliphatic hydroxyl groups excluding tert-OH is 1. The fraction of sp³-hybridized carbons (Fsp3) is 1.00. The zero-order valence-corrected chi connectivity index (χ0v) is 10.4. The van der Waals surface area contributed by atoms with Crippen molar-refractivity contribution in [3.63, 3.8) is 0 Å². The SMILES string of the molecule is CC(C)N1CC(O)C(N2CCCOCC2)C1. The van der Waals surface area contributed by atoms with E-state index in [1.54, 1.807) is 0 Å². The minimum absolute atomic E-state index is 0.194. The molecule has 2 heterocycles. The molecule has 4 heteroatoms. The summed E-state index contributed by atoms with van der Waals surface area (Å²) in [6.45, 7) is 9.92. The van der Waals surface area contributed by atoms with Crippen LogP contribution < -0.4 is 0 Å². The summed E-state index contributed by atoms with van der Waals surface area (Å²) in [5, 5.41) is 10.1. The van der Waals surface area contributed by atoms with Crippen molar-refractivity contribution in [2.75, 3.05) is 39.4 Å². The van der Waals surface area contributed by atoms with Gasteiger partial charge in [0.1, 0.15) is 0 Å². The summed E-state index contributed by atoms with van der Waals surface area (Å²) in [6.07, 6.45) is 0.894. The number of β-amino-alcohol motifs (C(OH)–C–C–N with tert-alkyl or cyclic N) is 1. The monoisotopic (exact) mass is 228 g/mol. The molecule has 2 aliphatic heterocycles. The number of hydrogen-bond donors (Lipinski definition) is 1. The van der Waals surface area contributed by atoms with Crippen molar-refractivity contribution in [3.05, 3.63) is 0 Å². The number of rotatable bonds is 2. The van der Waals surface area contributed by atoms with E-state index in [0.29, 0.717) is 12.1 Å². The fourth-order valence-electron chi connectivity index (χ4n) is 2.68. The average Bonchev–Trinajstić information content (AvgIpc) is 2.50. The van der Waals surface area contributed by atoms with E-state index in [9.17, 15) is 5.11 Å². The molecule has 2 saturated heterocycles. The summed E-state index contributed by atoms with van der Waals surface area (Å²) in [5.41, 5.74) is 0. The lowest BCUT2D eigenvalue weighted by molar-refractivity contribution is 0.0771. The van der Waals surface area contributed by atoms with Gasteiger partial charge in [0.25, 0.3) is 0 Å². The van der Waals surface area contributed by atoms with Gasteiger partial charge in [0.2, 0.25) is 0 Å². The van der Waals surface area contributed by atoms with Crippen molar-refractivity contribution >= 4 is 0 Å². The number of likely N-dealkylation sites (tertiary alicyclic amines) is 1. The Morgan fingerprint density at radius 2 is 2.00 bits per heavy atom.